The van der Waals surface area contributed by atoms with Gasteiger partial charge in [-0.25, -0.2) is 8.78 Å². The van der Waals surface area contributed by atoms with E-state index in [4.69, 9.17) is 0 Å². The van der Waals surface area contributed by atoms with E-state index in [9.17, 15) is 8.78 Å². The van der Waals surface area contributed by atoms with Crippen LogP contribution in [0.15, 0.2) is 48.5 Å². The molecule has 24 heavy (non-hydrogen) atoms. The summed E-state index contributed by atoms with van der Waals surface area (Å²) >= 11 is 0. The third-order valence-corrected chi connectivity index (χ3v) is 4.73. The van der Waals surface area contributed by atoms with E-state index in [0.29, 0.717) is 12.1 Å². The first-order valence-electron chi connectivity index (χ1n) is 8.66. The Bertz CT molecular complexity index is 568. The van der Waals surface area contributed by atoms with Gasteiger partial charge in [-0.05, 0) is 48.2 Å². The van der Waals surface area contributed by atoms with Gasteiger partial charge < -0.3 is 10.6 Å². The average Bonchev–Trinajstić information content (AvgIpc) is 2.61. The third-order valence-electron chi connectivity index (χ3n) is 4.73. The molecule has 2 N–H and O–H groups in total. The lowest BCUT2D eigenvalue weighted by Crippen LogP contribution is -2.49. The normalized spacial score (nSPS) is 20.9. The summed E-state index contributed by atoms with van der Waals surface area (Å²) in [4.78, 5) is 0. The van der Waals surface area contributed by atoms with E-state index in [2.05, 4.69) is 10.6 Å². The summed E-state index contributed by atoms with van der Waals surface area (Å²) < 4.78 is 26.0. The predicted octanol–water partition coefficient (Wildman–Crippen LogP) is 4.16. The molecule has 0 aliphatic heterocycles. The van der Waals surface area contributed by atoms with Crippen LogP contribution < -0.4 is 10.6 Å². The number of hydrogen-bond acceptors (Lipinski definition) is 2. The van der Waals surface area contributed by atoms with E-state index in [1.165, 1.54) is 37.1 Å². The summed E-state index contributed by atoms with van der Waals surface area (Å²) in [5.41, 5.74) is 2.19. The van der Waals surface area contributed by atoms with Crippen molar-refractivity contribution in [2.24, 2.45) is 0 Å². The van der Waals surface area contributed by atoms with Gasteiger partial charge >= 0.3 is 0 Å². The molecule has 0 aromatic heterocycles. The minimum absolute atomic E-state index is 0.199. The van der Waals surface area contributed by atoms with Gasteiger partial charge in [0.15, 0.2) is 0 Å². The van der Waals surface area contributed by atoms with E-state index in [1.807, 2.05) is 24.3 Å². The lowest BCUT2D eigenvalue weighted by molar-refractivity contribution is 0.281. The lowest BCUT2D eigenvalue weighted by Gasteiger charge is -2.33. The van der Waals surface area contributed by atoms with Crippen LogP contribution in [0.4, 0.5) is 8.78 Å². The zero-order chi connectivity index (χ0) is 16.8. The Labute approximate surface area is 142 Å². The number of hydrogen-bond donors (Lipinski definition) is 2. The van der Waals surface area contributed by atoms with Crippen molar-refractivity contribution in [3.8, 4) is 0 Å². The molecule has 1 fully saturated rings. The monoisotopic (exact) mass is 330 g/mol. The van der Waals surface area contributed by atoms with Crippen molar-refractivity contribution in [1.29, 1.82) is 0 Å². The zero-order valence-electron chi connectivity index (χ0n) is 13.8. The fourth-order valence-corrected chi connectivity index (χ4v) is 3.32. The maximum absolute atomic E-state index is 13.0. The third kappa shape index (κ3) is 4.86. The van der Waals surface area contributed by atoms with E-state index < -0.39 is 0 Å². The topological polar surface area (TPSA) is 24.1 Å². The predicted molar refractivity (Wildman–Crippen MR) is 92.5 cm³/mol. The van der Waals surface area contributed by atoms with Crippen LogP contribution >= 0.6 is 0 Å². The fourth-order valence-electron chi connectivity index (χ4n) is 3.32. The highest BCUT2D eigenvalue weighted by Crippen LogP contribution is 2.20. The first-order valence-corrected chi connectivity index (χ1v) is 8.66. The molecule has 0 radical (unpaired) electrons. The van der Waals surface area contributed by atoms with E-state index in [-0.39, 0.29) is 11.6 Å². The molecule has 0 spiro atoms. The number of rotatable bonds is 6. The van der Waals surface area contributed by atoms with E-state index in [1.54, 1.807) is 0 Å². The van der Waals surface area contributed by atoms with Crippen LogP contribution in [-0.2, 0) is 13.1 Å². The van der Waals surface area contributed by atoms with Gasteiger partial charge in [0, 0.05) is 25.2 Å². The minimum Gasteiger partial charge on any atom is -0.308 e. The Morgan fingerprint density at radius 2 is 1.04 bits per heavy atom. The molecule has 1 aliphatic rings. The second kappa shape index (κ2) is 8.36. The summed E-state index contributed by atoms with van der Waals surface area (Å²) in [7, 11) is 0. The summed E-state index contributed by atoms with van der Waals surface area (Å²) in [5.74, 6) is -0.398. The van der Waals surface area contributed by atoms with Crippen molar-refractivity contribution < 1.29 is 8.78 Å². The summed E-state index contributed by atoms with van der Waals surface area (Å²) in [6.45, 7) is 1.50. The quantitative estimate of drug-likeness (QED) is 0.831. The minimum atomic E-state index is -0.199. The molecule has 0 unspecified atom stereocenters. The largest absolute Gasteiger partial charge is 0.308 e. The van der Waals surface area contributed by atoms with Gasteiger partial charge in [-0.1, -0.05) is 37.1 Å². The zero-order valence-corrected chi connectivity index (χ0v) is 13.8. The van der Waals surface area contributed by atoms with Crippen molar-refractivity contribution in [3.05, 3.63) is 71.3 Å². The van der Waals surface area contributed by atoms with E-state index in [0.717, 1.165) is 37.1 Å². The second-order valence-corrected chi connectivity index (χ2v) is 6.51. The Morgan fingerprint density at radius 3 is 1.42 bits per heavy atom. The molecule has 0 bridgehead atoms. The molecule has 2 nitrogen and oxygen atoms in total. The van der Waals surface area contributed by atoms with Crippen molar-refractivity contribution in [2.45, 2.75) is 50.9 Å². The first-order chi connectivity index (χ1) is 11.7. The van der Waals surface area contributed by atoms with Gasteiger partial charge in [-0.3, -0.25) is 0 Å². The average molecular weight is 330 g/mol. The van der Waals surface area contributed by atoms with Gasteiger partial charge in [0.2, 0.25) is 0 Å². The van der Waals surface area contributed by atoms with E-state index >= 15 is 0 Å². The maximum atomic E-state index is 13.0. The molecule has 1 saturated carbocycles. The van der Waals surface area contributed by atoms with Gasteiger partial charge in [-0.15, -0.1) is 0 Å². The van der Waals surface area contributed by atoms with Gasteiger partial charge in [0.1, 0.15) is 11.6 Å². The highest BCUT2D eigenvalue weighted by atomic mass is 19.1. The Balaban J connectivity index is 1.52. The smallest absolute Gasteiger partial charge is 0.123 e. The van der Waals surface area contributed by atoms with Crippen molar-refractivity contribution in [1.82, 2.24) is 10.6 Å². The maximum Gasteiger partial charge on any atom is 0.123 e. The number of benzene rings is 2. The van der Waals surface area contributed by atoms with Gasteiger partial charge in [0.05, 0.1) is 0 Å². The van der Waals surface area contributed by atoms with Crippen LogP contribution in [0.2, 0.25) is 0 Å². The molecule has 2 atom stereocenters. The second-order valence-electron chi connectivity index (χ2n) is 6.51. The van der Waals surface area contributed by atoms with Crippen LogP contribution in [0.5, 0.6) is 0 Å². The Kier molecular flexibility index (Phi) is 5.94. The van der Waals surface area contributed by atoms with Gasteiger partial charge in [0.25, 0.3) is 0 Å². The molecular formula is C20H24F2N2. The molecule has 2 aromatic carbocycles. The van der Waals surface area contributed by atoms with Crippen LogP contribution in [0.25, 0.3) is 0 Å². The number of nitrogens with one attached hydrogen (secondary N) is 2. The molecular weight excluding hydrogens is 306 g/mol. The Hall–Kier alpha value is -1.78. The molecule has 3 rings (SSSR count). The van der Waals surface area contributed by atoms with Gasteiger partial charge in [-0.2, -0.15) is 0 Å². The molecule has 4 heteroatoms. The molecule has 128 valence electrons. The van der Waals surface area contributed by atoms with Crippen LogP contribution in [0.3, 0.4) is 0 Å². The van der Waals surface area contributed by atoms with Crippen LogP contribution in [-0.4, -0.2) is 12.1 Å². The summed E-state index contributed by atoms with van der Waals surface area (Å²) in [6, 6.07) is 14.1. The lowest BCUT2D eigenvalue weighted by atomic mass is 9.90. The Morgan fingerprint density at radius 1 is 0.667 bits per heavy atom. The van der Waals surface area contributed by atoms with Crippen molar-refractivity contribution >= 4 is 0 Å². The molecule has 2 aromatic rings. The fraction of sp³-hybridized carbons (Fsp3) is 0.400. The SMILES string of the molecule is Fc1ccc(CN[C@H]2CCCC[C@@H]2NCc2ccc(F)cc2)cc1. The highest BCUT2D eigenvalue weighted by Gasteiger charge is 2.24. The molecule has 0 saturated heterocycles. The highest BCUT2D eigenvalue weighted by molar-refractivity contribution is 5.17. The van der Waals surface area contributed by atoms with Crippen LogP contribution in [0, 0.1) is 11.6 Å². The van der Waals surface area contributed by atoms with Crippen molar-refractivity contribution in [2.75, 3.05) is 0 Å². The molecule has 0 heterocycles. The van der Waals surface area contributed by atoms with Crippen molar-refractivity contribution in [3.63, 3.8) is 0 Å². The standard InChI is InChI=1S/C20H24F2N2/c21-17-9-5-15(6-10-17)13-23-19-3-1-2-4-20(19)24-14-16-7-11-18(22)12-8-16/h5-12,19-20,23-24H,1-4,13-14H2/t19-,20-/m0/s1. The molecule has 1 aliphatic carbocycles. The number of halogens is 2. The first kappa shape index (κ1) is 17.1. The summed E-state index contributed by atoms with van der Waals surface area (Å²) in [5, 5.41) is 7.22. The van der Waals surface area contributed by atoms with Crippen LogP contribution in [0.1, 0.15) is 36.8 Å². The molecule has 0 amide bonds. The summed E-state index contributed by atoms with van der Waals surface area (Å²) in [6.07, 6.45) is 4.75.